The maximum absolute atomic E-state index is 13.7. The third-order valence-electron chi connectivity index (χ3n) is 5.96. The molecule has 0 fully saturated rings. The Hall–Kier alpha value is -3.80. The smallest absolute Gasteiger partial charge is 0.243 e. The van der Waals surface area contributed by atoms with E-state index >= 15 is 0 Å². The molecule has 1 heterocycles. The quantitative estimate of drug-likeness (QED) is 0.471. The Balaban J connectivity index is 1.57. The lowest BCUT2D eigenvalue weighted by Gasteiger charge is -2.32. The molecule has 6 nitrogen and oxygen atoms in total. The molecule has 0 unspecified atom stereocenters. The number of hydrogen-bond acceptors (Lipinski definition) is 4. The Morgan fingerprint density at radius 3 is 2.20 bits per heavy atom. The summed E-state index contributed by atoms with van der Waals surface area (Å²) in [6.45, 7) is 4.44. The van der Waals surface area contributed by atoms with E-state index in [9.17, 15) is 9.59 Å². The molecule has 1 aliphatic rings. The zero-order chi connectivity index (χ0) is 24.6. The van der Waals surface area contributed by atoms with Crippen molar-refractivity contribution in [2.45, 2.75) is 51.7 Å². The third kappa shape index (κ3) is 6.63. The van der Waals surface area contributed by atoms with Gasteiger partial charge in [-0.25, -0.2) is 0 Å². The average molecular weight is 473 g/mol. The lowest BCUT2D eigenvalue weighted by Crippen LogP contribution is -2.51. The van der Waals surface area contributed by atoms with Crippen LogP contribution in [0.3, 0.4) is 0 Å². The fraction of sp³-hybridized carbons (Fsp3) is 0.310. The maximum atomic E-state index is 13.7. The predicted molar refractivity (Wildman–Crippen MR) is 135 cm³/mol. The summed E-state index contributed by atoms with van der Waals surface area (Å²) in [6, 6.07) is 24.8. The molecule has 3 aromatic rings. The van der Waals surface area contributed by atoms with E-state index in [0.717, 1.165) is 22.4 Å². The standard InChI is InChI=1S/C29H32N2O4/c1-21(2)30-29(33)25(17-22-9-5-3-6-10-22)31(19-24-11-7-4-8-12-24)28(32)16-14-23-13-15-26-27(18-23)35-20-34-26/h3-13,15,18,21,25H,14,16-17,19-20H2,1-2H3,(H,30,33)/t25-/m1/s1. The number of carbonyl (C=O) groups is 2. The van der Waals surface area contributed by atoms with E-state index in [2.05, 4.69) is 5.32 Å². The summed E-state index contributed by atoms with van der Waals surface area (Å²) in [6.07, 6.45) is 1.28. The first-order chi connectivity index (χ1) is 17.0. The minimum atomic E-state index is -0.621. The van der Waals surface area contributed by atoms with Gasteiger partial charge in [-0.15, -0.1) is 0 Å². The van der Waals surface area contributed by atoms with Crippen LogP contribution >= 0.6 is 0 Å². The number of aryl methyl sites for hydroxylation is 1. The highest BCUT2D eigenvalue weighted by atomic mass is 16.7. The number of nitrogens with zero attached hydrogens (tertiary/aromatic N) is 1. The molecule has 182 valence electrons. The number of benzene rings is 3. The van der Waals surface area contributed by atoms with Crippen LogP contribution in [-0.2, 0) is 29.0 Å². The number of amides is 2. The van der Waals surface area contributed by atoms with Gasteiger partial charge in [-0.1, -0.05) is 66.7 Å². The molecule has 1 N–H and O–H groups in total. The van der Waals surface area contributed by atoms with Crippen LogP contribution in [0, 0.1) is 0 Å². The molecule has 3 aromatic carbocycles. The Bertz CT molecular complexity index is 1130. The van der Waals surface area contributed by atoms with Crippen molar-refractivity contribution in [2.24, 2.45) is 0 Å². The molecule has 0 aliphatic carbocycles. The van der Waals surface area contributed by atoms with Crippen LogP contribution in [0.1, 0.15) is 37.0 Å². The summed E-state index contributed by atoms with van der Waals surface area (Å²) in [4.78, 5) is 28.8. The molecule has 4 rings (SSSR count). The largest absolute Gasteiger partial charge is 0.454 e. The summed E-state index contributed by atoms with van der Waals surface area (Å²) >= 11 is 0. The van der Waals surface area contributed by atoms with Crippen LogP contribution < -0.4 is 14.8 Å². The molecule has 0 spiro atoms. The van der Waals surface area contributed by atoms with Gasteiger partial charge in [-0.2, -0.15) is 0 Å². The Labute approximate surface area is 206 Å². The molecule has 0 saturated carbocycles. The van der Waals surface area contributed by atoms with Crippen molar-refractivity contribution in [2.75, 3.05) is 6.79 Å². The predicted octanol–water partition coefficient (Wildman–Crippen LogP) is 4.51. The van der Waals surface area contributed by atoms with Gasteiger partial charge in [0.05, 0.1) is 0 Å². The van der Waals surface area contributed by atoms with Crippen LogP contribution in [-0.4, -0.2) is 35.6 Å². The topological polar surface area (TPSA) is 67.9 Å². The van der Waals surface area contributed by atoms with Gasteiger partial charge >= 0.3 is 0 Å². The van der Waals surface area contributed by atoms with Gasteiger partial charge in [0.2, 0.25) is 18.6 Å². The van der Waals surface area contributed by atoms with Gasteiger partial charge in [0.25, 0.3) is 0 Å². The SMILES string of the molecule is CC(C)NC(=O)[C@@H](Cc1ccccc1)N(Cc1ccccc1)C(=O)CCc1ccc2c(c1)OCO2. The first-order valence-electron chi connectivity index (χ1n) is 12.1. The van der Waals surface area contributed by atoms with Crippen LogP contribution in [0.4, 0.5) is 0 Å². The Morgan fingerprint density at radius 1 is 0.857 bits per heavy atom. The summed E-state index contributed by atoms with van der Waals surface area (Å²) < 4.78 is 10.9. The minimum absolute atomic E-state index is 0.0249. The summed E-state index contributed by atoms with van der Waals surface area (Å²) in [5.74, 6) is 1.22. The van der Waals surface area contributed by atoms with Gasteiger partial charge in [-0.05, 0) is 49.1 Å². The van der Waals surface area contributed by atoms with Crippen LogP contribution in [0.2, 0.25) is 0 Å². The third-order valence-corrected chi connectivity index (χ3v) is 5.96. The van der Waals surface area contributed by atoms with Crippen molar-refractivity contribution in [3.8, 4) is 11.5 Å². The number of fused-ring (bicyclic) bond motifs is 1. The van der Waals surface area contributed by atoms with Crippen molar-refractivity contribution in [3.05, 3.63) is 95.6 Å². The number of ether oxygens (including phenoxy) is 2. The Kier molecular flexibility index (Phi) is 8.03. The fourth-order valence-electron chi connectivity index (χ4n) is 4.21. The van der Waals surface area contributed by atoms with E-state index in [4.69, 9.17) is 9.47 Å². The molecular weight excluding hydrogens is 440 g/mol. The summed E-state index contributed by atoms with van der Waals surface area (Å²) in [7, 11) is 0. The molecule has 1 atom stereocenters. The second kappa shape index (κ2) is 11.6. The van der Waals surface area contributed by atoms with Crippen LogP contribution in [0.5, 0.6) is 11.5 Å². The Morgan fingerprint density at radius 2 is 1.51 bits per heavy atom. The van der Waals surface area contributed by atoms with Gasteiger partial charge < -0.3 is 19.7 Å². The molecule has 6 heteroatoms. The zero-order valence-electron chi connectivity index (χ0n) is 20.3. The number of rotatable bonds is 10. The molecule has 0 saturated heterocycles. The van der Waals surface area contributed by atoms with Crippen LogP contribution in [0.15, 0.2) is 78.9 Å². The average Bonchev–Trinajstić information content (AvgIpc) is 3.33. The second-order valence-corrected chi connectivity index (χ2v) is 9.06. The number of nitrogens with one attached hydrogen (secondary N) is 1. The lowest BCUT2D eigenvalue weighted by atomic mass is 10.0. The molecule has 0 aromatic heterocycles. The monoisotopic (exact) mass is 472 g/mol. The van der Waals surface area contributed by atoms with Gasteiger partial charge in [0.15, 0.2) is 11.5 Å². The molecule has 2 amide bonds. The summed E-state index contributed by atoms with van der Waals surface area (Å²) in [5, 5.41) is 3.02. The molecule has 1 aliphatic heterocycles. The minimum Gasteiger partial charge on any atom is -0.454 e. The number of hydrogen-bond donors (Lipinski definition) is 1. The van der Waals surface area contributed by atoms with Crippen LogP contribution in [0.25, 0.3) is 0 Å². The van der Waals surface area contributed by atoms with Crippen molar-refractivity contribution in [1.82, 2.24) is 10.2 Å². The molecule has 35 heavy (non-hydrogen) atoms. The highest BCUT2D eigenvalue weighted by Gasteiger charge is 2.30. The van der Waals surface area contributed by atoms with Crippen molar-refractivity contribution in [1.29, 1.82) is 0 Å². The normalized spacial score (nSPS) is 12.9. The second-order valence-electron chi connectivity index (χ2n) is 9.06. The van der Waals surface area contributed by atoms with E-state index in [1.54, 1.807) is 4.90 Å². The summed E-state index contributed by atoms with van der Waals surface area (Å²) in [5.41, 5.74) is 2.99. The molecule has 0 radical (unpaired) electrons. The van der Waals surface area contributed by atoms with Crippen molar-refractivity contribution < 1.29 is 19.1 Å². The first-order valence-corrected chi connectivity index (χ1v) is 12.1. The number of carbonyl (C=O) groups excluding carboxylic acids is 2. The van der Waals surface area contributed by atoms with E-state index < -0.39 is 6.04 Å². The van der Waals surface area contributed by atoms with Gasteiger partial charge in [-0.3, -0.25) is 9.59 Å². The van der Waals surface area contributed by atoms with E-state index in [-0.39, 0.29) is 31.1 Å². The van der Waals surface area contributed by atoms with Gasteiger partial charge in [0, 0.05) is 25.4 Å². The van der Waals surface area contributed by atoms with Crippen molar-refractivity contribution >= 4 is 11.8 Å². The maximum Gasteiger partial charge on any atom is 0.243 e. The van der Waals surface area contributed by atoms with E-state index in [1.165, 1.54) is 0 Å². The first kappa shape index (κ1) is 24.3. The molecule has 0 bridgehead atoms. The van der Waals surface area contributed by atoms with Crippen molar-refractivity contribution in [3.63, 3.8) is 0 Å². The lowest BCUT2D eigenvalue weighted by molar-refractivity contribution is -0.141. The van der Waals surface area contributed by atoms with E-state index in [0.29, 0.717) is 25.1 Å². The van der Waals surface area contributed by atoms with E-state index in [1.807, 2.05) is 92.7 Å². The molecular formula is C29H32N2O4. The highest BCUT2D eigenvalue weighted by Crippen LogP contribution is 2.32. The zero-order valence-corrected chi connectivity index (χ0v) is 20.3. The highest BCUT2D eigenvalue weighted by molar-refractivity contribution is 5.88. The fourth-order valence-corrected chi connectivity index (χ4v) is 4.21. The van der Waals surface area contributed by atoms with Gasteiger partial charge in [0.1, 0.15) is 6.04 Å².